The molecule has 0 spiro atoms. The number of rotatable bonds is 10. The molecule has 1 unspecified atom stereocenters. The summed E-state index contributed by atoms with van der Waals surface area (Å²) in [5.74, 6) is 0.169. The van der Waals surface area contributed by atoms with Crippen LogP contribution >= 0.6 is 7.26 Å². The van der Waals surface area contributed by atoms with Crippen molar-refractivity contribution in [3.8, 4) is 0 Å². The van der Waals surface area contributed by atoms with Crippen LogP contribution in [0.2, 0.25) is 0 Å². The van der Waals surface area contributed by atoms with E-state index < -0.39 is 23.6 Å². The molecule has 0 aliphatic rings. The van der Waals surface area contributed by atoms with Crippen molar-refractivity contribution in [1.29, 1.82) is 0 Å². The van der Waals surface area contributed by atoms with E-state index in [1.165, 1.54) is 7.05 Å². The fourth-order valence-corrected chi connectivity index (χ4v) is 4.23. The third-order valence-corrected chi connectivity index (χ3v) is 7.25. The van der Waals surface area contributed by atoms with Gasteiger partial charge < -0.3 is 9.84 Å². The van der Waals surface area contributed by atoms with Crippen LogP contribution in [-0.4, -0.2) is 64.9 Å². The highest BCUT2D eigenvalue weighted by Crippen LogP contribution is 2.51. The molecule has 0 aliphatic heterocycles. The Morgan fingerprint density at radius 3 is 2.47 bits per heavy atom. The maximum absolute atomic E-state index is 11.3. The van der Waals surface area contributed by atoms with Crippen LogP contribution in [0.1, 0.15) is 13.3 Å². The quantitative estimate of drug-likeness (QED) is 0.360. The van der Waals surface area contributed by atoms with Gasteiger partial charge in [0.2, 0.25) is 10.0 Å². The summed E-state index contributed by atoms with van der Waals surface area (Å²) in [6, 6.07) is 0. The van der Waals surface area contributed by atoms with Gasteiger partial charge in [-0.1, -0.05) is 6.58 Å². The summed E-state index contributed by atoms with van der Waals surface area (Å²) in [6.07, 6.45) is 1.54. The predicted octanol–water partition coefficient (Wildman–Crippen LogP) is 1.11. The van der Waals surface area contributed by atoms with Gasteiger partial charge in [0, 0.05) is 20.6 Å². The van der Waals surface area contributed by atoms with Crippen molar-refractivity contribution >= 4 is 17.3 Å². The third kappa shape index (κ3) is 9.52. The van der Waals surface area contributed by atoms with E-state index in [0.29, 0.717) is 18.6 Å². The summed E-state index contributed by atoms with van der Waals surface area (Å²) < 4.78 is 30.2. The van der Waals surface area contributed by atoms with Gasteiger partial charge in [-0.15, -0.1) is 0 Å². The fraction of sp³-hybridized carbons (Fsp3) is 0.833. The molecule has 0 saturated heterocycles. The van der Waals surface area contributed by atoms with Crippen LogP contribution < -0.4 is 4.72 Å². The first-order chi connectivity index (χ1) is 8.59. The summed E-state index contributed by atoms with van der Waals surface area (Å²) in [7, 11) is -2.85. The van der Waals surface area contributed by atoms with E-state index in [0.717, 1.165) is 12.3 Å². The smallest absolute Gasteiger partial charge is 0.211 e. The van der Waals surface area contributed by atoms with Crippen LogP contribution in [0.5, 0.6) is 0 Å². The molecule has 0 aliphatic carbocycles. The van der Waals surface area contributed by atoms with Crippen LogP contribution in [0.3, 0.4) is 0 Å². The molecule has 5 nitrogen and oxygen atoms in total. The van der Waals surface area contributed by atoms with Crippen molar-refractivity contribution in [2.45, 2.75) is 19.6 Å². The first-order valence-electron chi connectivity index (χ1n) is 6.28. The summed E-state index contributed by atoms with van der Waals surface area (Å²) in [4.78, 5) is 0. The van der Waals surface area contributed by atoms with E-state index in [9.17, 15) is 13.5 Å². The van der Waals surface area contributed by atoms with Crippen LogP contribution in [-0.2, 0) is 14.8 Å². The van der Waals surface area contributed by atoms with Crippen LogP contribution in [0.15, 0.2) is 12.2 Å². The third-order valence-electron chi connectivity index (χ3n) is 2.88. The molecule has 0 radical (unpaired) electrons. The summed E-state index contributed by atoms with van der Waals surface area (Å²) in [6.45, 7) is 10.2. The molecule has 0 saturated carbocycles. The van der Waals surface area contributed by atoms with Crippen LogP contribution in [0.4, 0.5) is 0 Å². The first kappa shape index (κ1) is 19.0. The zero-order valence-electron chi connectivity index (χ0n) is 12.3. The molecule has 0 aromatic rings. The number of sulfonamides is 1. The molecule has 0 fully saturated rings. The Kier molecular flexibility index (Phi) is 8.32. The Morgan fingerprint density at radius 2 is 2.00 bits per heavy atom. The average Bonchev–Trinajstić information content (AvgIpc) is 2.27. The van der Waals surface area contributed by atoms with Crippen molar-refractivity contribution in [2.24, 2.45) is 0 Å². The van der Waals surface area contributed by atoms with Gasteiger partial charge in [0.15, 0.2) is 6.29 Å². The standard InChI is InChI=1S/C12H27NO4PS/c1-11(2)12(14)17-7-9-18(4,5)8-6-10-19(15,16)13-3/h12-14H,1,6-10H2,2-5H3/q+1. The first-order valence-corrected chi connectivity index (χ1v) is 11.0. The van der Waals surface area contributed by atoms with E-state index in [-0.39, 0.29) is 5.75 Å². The molecule has 1 atom stereocenters. The molecular weight excluding hydrogens is 285 g/mol. The number of hydrogen-bond acceptors (Lipinski definition) is 4. The number of aliphatic hydroxyl groups excluding tert-OH is 1. The van der Waals surface area contributed by atoms with Gasteiger partial charge in [0.05, 0.1) is 24.7 Å². The second kappa shape index (κ2) is 8.32. The summed E-state index contributed by atoms with van der Waals surface area (Å²) in [5, 5.41) is 9.44. The Bertz CT molecular complexity index is 381. The number of aliphatic hydroxyl groups is 1. The lowest BCUT2D eigenvalue weighted by atomic mass is 10.3. The minimum absolute atomic E-state index is 0.169. The van der Waals surface area contributed by atoms with Gasteiger partial charge in [0.1, 0.15) is 0 Å². The minimum Gasteiger partial charge on any atom is -0.364 e. The lowest BCUT2D eigenvalue weighted by Gasteiger charge is -2.19. The van der Waals surface area contributed by atoms with E-state index in [4.69, 9.17) is 4.74 Å². The Morgan fingerprint density at radius 1 is 1.42 bits per heavy atom. The summed E-state index contributed by atoms with van der Waals surface area (Å²) >= 11 is 0. The maximum Gasteiger partial charge on any atom is 0.211 e. The van der Waals surface area contributed by atoms with Crippen molar-refractivity contribution in [2.75, 3.05) is 45.1 Å². The lowest BCUT2D eigenvalue weighted by Crippen LogP contribution is -2.23. The van der Waals surface area contributed by atoms with E-state index in [1.807, 2.05) is 0 Å². The SMILES string of the molecule is C=C(C)C(O)OCC[P+](C)(C)CCCS(=O)(=O)NC. The molecule has 0 bridgehead atoms. The van der Waals surface area contributed by atoms with E-state index in [1.54, 1.807) is 6.92 Å². The lowest BCUT2D eigenvalue weighted by molar-refractivity contribution is -0.0658. The van der Waals surface area contributed by atoms with Crippen molar-refractivity contribution < 1.29 is 18.3 Å². The molecule has 0 aromatic carbocycles. The highest BCUT2D eigenvalue weighted by atomic mass is 32.2. The Hall–Kier alpha value is -0.0000000000000000208. The van der Waals surface area contributed by atoms with Gasteiger partial charge in [-0.05, 0) is 26.0 Å². The number of hydrogen-bond donors (Lipinski definition) is 2. The maximum atomic E-state index is 11.3. The summed E-state index contributed by atoms with van der Waals surface area (Å²) in [5.41, 5.74) is 0.594. The highest BCUT2D eigenvalue weighted by Gasteiger charge is 2.25. The molecule has 2 N–H and O–H groups in total. The van der Waals surface area contributed by atoms with Crippen molar-refractivity contribution in [1.82, 2.24) is 4.72 Å². The Labute approximate surface area is 117 Å². The molecule has 0 amide bonds. The Balaban J connectivity index is 3.96. The monoisotopic (exact) mass is 312 g/mol. The molecule has 7 heteroatoms. The topological polar surface area (TPSA) is 75.6 Å². The predicted molar refractivity (Wildman–Crippen MR) is 82.7 cm³/mol. The van der Waals surface area contributed by atoms with Gasteiger partial charge >= 0.3 is 0 Å². The van der Waals surface area contributed by atoms with Gasteiger partial charge in [-0.25, -0.2) is 13.1 Å². The van der Waals surface area contributed by atoms with Gasteiger partial charge in [0.25, 0.3) is 0 Å². The second-order valence-corrected chi connectivity index (χ2v) is 12.1. The van der Waals surface area contributed by atoms with Gasteiger partial charge in [-0.3, -0.25) is 0 Å². The molecule has 0 rings (SSSR count). The van der Waals surface area contributed by atoms with Crippen molar-refractivity contribution in [3.63, 3.8) is 0 Å². The zero-order chi connectivity index (χ0) is 15.1. The molecule has 0 aromatic heterocycles. The van der Waals surface area contributed by atoms with Gasteiger partial charge in [-0.2, -0.15) is 0 Å². The van der Waals surface area contributed by atoms with Crippen LogP contribution in [0.25, 0.3) is 0 Å². The number of nitrogens with one attached hydrogen (secondary N) is 1. The largest absolute Gasteiger partial charge is 0.364 e. The molecule has 0 heterocycles. The molecule has 114 valence electrons. The van der Waals surface area contributed by atoms with E-state index in [2.05, 4.69) is 24.6 Å². The normalized spacial score (nSPS) is 14.4. The molecule has 19 heavy (non-hydrogen) atoms. The average molecular weight is 312 g/mol. The van der Waals surface area contributed by atoms with E-state index >= 15 is 0 Å². The fourth-order valence-electron chi connectivity index (χ4n) is 1.45. The zero-order valence-corrected chi connectivity index (χ0v) is 14.1. The second-order valence-electron chi connectivity index (χ2n) is 5.33. The minimum atomic E-state index is -3.10. The number of ether oxygens (including phenoxy) is 1. The molecular formula is C12H27NO4PS+. The highest BCUT2D eigenvalue weighted by molar-refractivity contribution is 7.89. The van der Waals surface area contributed by atoms with Crippen molar-refractivity contribution in [3.05, 3.63) is 12.2 Å². The van der Waals surface area contributed by atoms with Crippen LogP contribution in [0, 0.1) is 0 Å².